The van der Waals surface area contributed by atoms with Gasteiger partial charge in [0.05, 0.1) is 0 Å². The quantitative estimate of drug-likeness (QED) is 0.234. The first-order valence-corrected chi connectivity index (χ1v) is 4.14. The number of hydrogen-bond donors (Lipinski definition) is 3. The fraction of sp³-hybridized carbons (Fsp3) is 1.00. The van der Waals surface area contributed by atoms with Gasteiger partial charge >= 0.3 is 61.8 Å². The molecule has 12 heteroatoms. The molecule has 0 aromatic heterocycles. The molecule has 14 heavy (non-hydrogen) atoms. The van der Waals surface area contributed by atoms with Crippen LogP contribution in [0.5, 0.6) is 0 Å². The molecule has 0 saturated carbocycles. The first-order chi connectivity index (χ1) is 4.00. The zero-order valence-electron chi connectivity index (χ0n) is 6.20. The van der Waals surface area contributed by atoms with Crippen LogP contribution in [-0.2, 0) is 20.8 Å². The van der Waals surface area contributed by atoms with E-state index in [1.807, 2.05) is 0 Å². The van der Waals surface area contributed by atoms with Crippen LogP contribution in [0.2, 0.25) is 0 Å². The van der Waals surface area contributed by atoms with Gasteiger partial charge in [-0.05, 0) is 0 Å². The second-order valence-corrected chi connectivity index (χ2v) is 2.63. The van der Waals surface area contributed by atoms with Crippen LogP contribution in [-0.4, -0.2) is 86.4 Å². The van der Waals surface area contributed by atoms with Gasteiger partial charge in [-0.25, -0.2) is 8.42 Å². The average Bonchev–Trinajstić information content (AvgIpc) is 1.12. The standard InChI is InChI=1S/2CH4.2K.2H2O4S/c;;;;2*1-5(2,3)4/h2*1H4;;;2*(H2,1,2,3,4)/q;;;+1;;/p-1. The van der Waals surface area contributed by atoms with Gasteiger partial charge in [0.1, 0.15) is 0 Å². The van der Waals surface area contributed by atoms with Crippen LogP contribution in [0.1, 0.15) is 14.9 Å². The molecule has 0 aliphatic rings. The summed E-state index contributed by atoms with van der Waals surface area (Å²) >= 11 is 0. The Labute approximate surface area is 169 Å². The van der Waals surface area contributed by atoms with E-state index in [0.29, 0.717) is 0 Å². The molecule has 0 rings (SSSR count). The molecule has 0 aromatic rings. The molecule has 0 fully saturated rings. The zero-order chi connectivity index (χ0) is 9.00. The fourth-order valence-electron chi connectivity index (χ4n) is 0. The molecule has 0 bridgehead atoms. The summed E-state index contributed by atoms with van der Waals surface area (Å²) in [5.74, 6) is 0. The van der Waals surface area contributed by atoms with Gasteiger partial charge in [-0.15, -0.1) is 0 Å². The zero-order valence-corrected chi connectivity index (χ0v) is 14.1. The van der Waals surface area contributed by atoms with E-state index in [2.05, 4.69) is 0 Å². The molecule has 0 aliphatic carbocycles. The predicted molar refractivity (Wildman–Crippen MR) is 45.7 cm³/mol. The Morgan fingerprint density at radius 1 is 0.857 bits per heavy atom. The van der Waals surface area contributed by atoms with Gasteiger partial charge < -0.3 is 4.55 Å². The monoisotopic (exact) mass is 305 g/mol. The summed E-state index contributed by atoms with van der Waals surface area (Å²) in [6.07, 6.45) is 0. The molecule has 3 N–H and O–H groups in total. The van der Waals surface area contributed by atoms with Crippen molar-refractivity contribution >= 4 is 72.2 Å². The van der Waals surface area contributed by atoms with Crippen molar-refractivity contribution in [1.82, 2.24) is 0 Å². The molecule has 0 unspecified atom stereocenters. The van der Waals surface area contributed by atoms with Crippen LogP contribution in [0.25, 0.3) is 0 Å². The molecular formula is C2H11K2O8S2. The minimum absolute atomic E-state index is 0. The summed E-state index contributed by atoms with van der Waals surface area (Å²) in [5.41, 5.74) is 0. The molecule has 0 amide bonds. The summed E-state index contributed by atoms with van der Waals surface area (Å²) in [6.45, 7) is 0. The molecule has 1 radical (unpaired) electrons. The van der Waals surface area contributed by atoms with Gasteiger partial charge in [0.2, 0.25) is 10.4 Å². The summed E-state index contributed by atoms with van der Waals surface area (Å²) in [6, 6.07) is 0. The van der Waals surface area contributed by atoms with Gasteiger partial charge in [0.25, 0.3) is 0 Å². The van der Waals surface area contributed by atoms with E-state index in [1.54, 1.807) is 0 Å². The number of rotatable bonds is 0. The van der Waals surface area contributed by atoms with Crippen molar-refractivity contribution in [2.24, 2.45) is 0 Å². The Bertz CT molecular complexity index is 220. The van der Waals surface area contributed by atoms with Crippen molar-refractivity contribution < 1.29 is 86.4 Å². The Morgan fingerprint density at radius 2 is 0.857 bits per heavy atom. The van der Waals surface area contributed by atoms with Crippen molar-refractivity contribution in [2.75, 3.05) is 0 Å². The largest absolute Gasteiger partial charge is 1.00 e. The maximum absolute atomic E-state index is 8.74. The van der Waals surface area contributed by atoms with Gasteiger partial charge in [0, 0.05) is 51.4 Å². The maximum atomic E-state index is 8.74. The van der Waals surface area contributed by atoms with Crippen molar-refractivity contribution in [1.29, 1.82) is 0 Å². The van der Waals surface area contributed by atoms with E-state index in [0.717, 1.165) is 0 Å². The SMILES string of the molecule is C.C.O=S(=O)(O)O.O=S(=O)([O-])O.[K+].[K]. The third-order valence-electron chi connectivity index (χ3n) is 0. The average molecular weight is 305 g/mol. The summed E-state index contributed by atoms with van der Waals surface area (Å²) in [5, 5.41) is 0. The molecule has 0 aliphatic heterocycles. The normalized spacial score (nSPS) is 8.29. The van der Waals surface area contributed by atoms with Gasteiger partial charge in [-0.2, -0.15) is 8.42 Å². The topological polar surface area (TPSA) is 152 Å². The van der Waals surface area contributed by atoms with Crippen LogP contribution in [0, 0.1) is 0 Å². The van der Waals surface area contributed by atoms with Crippen molar-refractivity contribution in [3.05, 3.63) is 0 Å². The Balaban J connectivity index is -0.0000000178. The summed E-state index contributed by atoms with van der Waals surface area (Å²) in [4.78, 5) is 0. The van der Waals surface area contributed by atoms with Crippen LogP contribution in [0.15, 0.2) is 0 Å². The smallest absolute Gasteiger partial charge is 0.726 e. The Kier molecular flexibility index (Phi) is 41.1. The van der Waals surface area contributed by atoms with Crippen molar-refractivity contribution in [3.63, 3.8) is 0 Å². The molecular weight excluding hydrogens is 294 g/mol. The van der Waals surface area contributed by atoms with Gasteiger partial charge in [0.15, 0.2) is 0 Å². The van der Waals surface area contributed by atoms with Crippen LogP contribution >= 0.6 is 0 Å². The van der Waals surface area contributed by atoms with Crippen LogP contribution < -0.4 is 51.4 Å². The first-order valence-electron chi connectivity index (χ1n) is 1.38. The molecule has 0 atom stereocenters. The van der Waals surface area contributed by atoms with Gasteiger partial charge in [-0.1, -0.05) is 14.9 Å². The van der Waals surface area contributed by atoms with Crippen LogP contribution in [0.3, 0.4) is 0 Å². The molecule has 81 valence electrons. The van der Waals surface area contributed by atoms with Crippen LogP contribution in [0.4, 0.5) is 0 Å². The minimum atomic E-state index is -4.92. The minimum Gasteiger partial charge on any atom is -0.726 e. The third kappa shape index (κ3) is 325. The molecule has 8 nitrogen and oxygen atoms in total. The molecule has 0 spiro atoms. The molecule has 0 aromatic carbocycles. The van der Waals surface area contributed by atoms with E-state index >= 15 is 0 Å². The Hall–Kier alpha value is 3.01. The predicted octanol–water partition coefficient (Wildman–Crippen LogP) is -3.75. The van der Waals surface area contributed by atoms with Gasteiger partial charge in [-0.3, -0.25) is 13.7 Å². The van der Waals surface area contributed by atoms with Crippen molar-refractivity contribution in [3.8, 4) is 0 Å². The maximum Gasteiger partial charge on any atom is 1.00 e. The molecule has 0 saturated heterocycles. The van der Waals surface area contributed by atoms with E-state index in [-0.39, 0.29) is 118 Å². The second kappa shape index (κ2) is 16.0. The summed E-state index contributed by atoms with van der Waals surface area (Å²) < 4.78 is 64.4. The van der Waals surface area contributed by atoms with E-state index in [4.69, 9.17) is 35.0 Å². The first kappa shape index (κ1) is 36.0. The van der Waals surface area contributed by atoms with E-state index < -0.39 is 20.8 Å². The number of hydrogen-bond acceptors (Lipinski definition) is 5. The Morgan fingerprint density at radius 3 is 0.857 bits per heavy atom. The third-order valence-corrected chi connectivity index (χ3v) is 0. The summed E-state index contributed by atoms with van der Waals surface area (Å²) in [7, 11) is -9.58. The fourth-order valence-corrected chi connectivity index (χ4v) is 0. The van der Waals surface area contributed by atoms with E-state index in [9.17, 15) is 0 Å². The second-order valence-electron chi connectivity index (χ2n) is 0.876. The molecule has 0 heterocycles. The van der Waals surface area contributed by atoms with E-state index in [1.165, 1.54) is 0 Å². The van der Waals surface area contributed by atoms with Crippen molar-refractivity contribution in [2.45, 2.75) is 14.9 Å².